The lowest BCUT2D eigenvalue weighted by Crippen LogP contribution is -2.60. The smallest absolute Gasteiger partial charge is 0.408 e. The monoisotopic (exact) mass is 288 g/mol. The predicted molar refractivity (Wildman–Crippen MR) is 81.5 cm³/mol. The molecule has 1 fully saturated rings. The quantitative estimate of drug-likeness (QED) is 0.838. The van der Waals surface area contributed by atoms with E-state index in [1.54, 1.807) is 0 Å². The SMILES string of the molecule is CC(C)(C)OC(=O)NC(C)(C)C(N)C1CCCSC1. The molecule has 0 saturated carbocycles. The second kappa shape index (κ2) is 6.35. The standard InChI is InChI=1S/C14H28N2O2S/c1-13(2,3)18-12(17)16-14(4,5)11(15)10-7-6-8-19-9-10/h10-11H,6-9,15H2,1-5H3,(H,16,17). The number of amides is 1. The third-order valence-electron chi connectivity index (χ3n) is 3.36. The van der Waals surface area contributed by atoms with E-state index in [1.807, 2.05) is 46.4 Å². The number of alkyl carbamates (subject to hydrolysis) is 1. The van der Waals surface area contributed by atoms with E-state index in [4.69, 9.17) is 10.5 Å². The minimum atomic E-state index is -0.481. The summed E-state index contributed by atoms with van der Waals surface area (Å²) in [6.45, 7) is 9.52. The Morgan fingerprint density at radius 1 is 1.37 bits per heavy atom. The summed E-state index contributed by atoms with van der Waals surface area (Å²) in [7, 11) is 0. The molecular weight excluding hydrogens is 260 g/mol. The topological polar surface area (TPSA) is 64.3 Å². The first-order valence-corrected chi connectivity index (χ1v) is 8.12. The van der Waals surface area contributed by atoms with Crippen molar-refractivity contribution in [3.05, 3.63) is 0 Å². The molecule has 4 nitrogen and oxygen atoms in total. The number of nitrogens with two attached hydrogens (primary N) is 1. The highest BCUT2D eigenvalue weighted by atomic mass is 32.2. The first-order chi connectivity index (χ1) is 8.62. The van der Waals surface area contributed by atoms with Gasteiger partial charge in [-0.25, -0.2) is 4.79 Å². The third kappa shape index (κ3) is 5.61. The van der Waals surface area contributed by atoms with Gasteiger partial charge >= 0.3 is 6.09 Å². The largest absolute Gasteiger partial charge is 0.444 e. The molecule has 0 aliphatic carbocycles. The maximum atomic E-state index is 11.9. The summed E-state index contributed by atoms with van der Waals surface area (Å²) in [5.74, 6) is 2.77. The lowest BCUT2D eigenvalue weighted by Gasteiger charge is -2.39. The minimum Gasteiger partial charge on any atom is -0.444 e. The van der Waals surface area contributed by atoms with E-state index in [1.165, 1.54) is 12.2 Å². The van der Waals surface area contributed by atoms with E-state index in [0.717, 1.165) is 12.2 Å². The van der Waals surface area contributed by atoms with Crippen LogP contribution >= 0.6 is 11.8 Å². The summed E-state index contributed by atoms with van der Waals surface area (Å²) >= 11 is 1.95. The van der Waals surface area contributed by atoms with Crippen molar-refractivity contribution < 1.29 is 9.53 Å². The molecule has 1 saturated heterocycles. The van der Waals surface area contributed by atoms with Crippen LogP contribution in [-0.2, 0) is 4.74 Å². The van der Waals surface area contributed by atoms with E-state index in [-0.39, 0.29) is 6.04 Å². The second-order valence-electron chi connectivity index (χ2n) is 6.85. The average Bonchev–Trinajstić information content (AvgIpc) is 2.25. The van der Waals surface area contributed by atoms with Gasteiger partial charge in [0.2, 0.25) is 0 Å². The molecule has 0 radical (unpaired) electrons. The molecule has 3 N–H and O–H groups in total. The molecule has 1 aliphatic rings. The number of carbonyl (C=O) groups is 1. The van der Waals surface area contributed by atoms with Crippen LogP contribution in [0.2, 0.25) is 0 Å². The van der Waals surface area contributed by atoms with Crippen LogP contribution in [0, 0.1) is 5.92 Å². The van der Waals surface area contributed by atoms with Crippen LogP contribution in [-0.4, -0.2) is 34.8 Å². The van der Waals surface area contributed by atoms with Gasteiger partial charge in [0, 0.05) is 6.04 Å². The maximum absolute atomic E-state index is 11.9. The molecule has 0 bridgehead atoms. The van der Waals surface area contributed by atoms with Crippen LogP contribution < -0.4 is 11.1 Å². The molecule has 5 heteroatoms. The highest BCUT2D eigenvalue weighted by molar-refractivity contribution is 7.99. The second-order valence-corrected chi connectivity index (χ2v) is 8.00. The van der Waals surface area contributed by atoms with Crippen molar-refractivity contribution in [1.29, 1.82) is 0 Å². The number of rotatable bonds is 3. The first-order valence-electron chi connectivity index (χ1n) is 6.96. The van der Waals surface area contributed by atoms with Gasteiger partial charge in [0.1, 0.15) is 5.60 Å². The molecule has 2 atom stereocenters. The van der Waals surface area contributed by atoms with E-state index < -0.39 is 17.2 Å². The maximum Gasteiger partial charge on any atom is 0.408 e. The molecule has 0 aromatic rings. The Kier molecular flexibility index (Phi) is 5.56. The molecule has 0 spiro atoms. The Morgan fingerprint density at radius 3 is 2.47 bits per heavy atom. The van der Waals surface area contributed by atoms with Crippen LogP contribution in [0.5, 0.6) is 0 Å². The Labute approximate surface area is 121 Å². The molecule has 1 heterocycles. The zero-order valence-electron chi connectivity index (χ0n) is 12.8. The van der Waals surface area contributed by atoms with Crippen molar-refractivity contribution in [2.75, 3.05) is 11.5 Å². The van der Waals surface area contributed by atoms with Gasteiger partial charge in [-0.3, -0.25) is 0 Å². The van der Waals surface area contributed by atoms with Crippen LogP contribution in [0.3, 0.4) is 0 Å². The summed E-state index contributed by atoms with van der Waals surface area (Å²) in [5, 5.41) is 2.91. The van der Waals surface area contributed by atoms with Gasteiger partial charge < -0.3 is 15.8 Å². The molecule has 1 rings (SSSR count). The van der Waals surface area contributed by atoms with Crippen molar-refractivity contribution in [3.63, 3.8) is 0 Å². The van der Waals surface area contributed by atoms with Gasteiger partial charge in [-0.05, 0) is 64.9 Å². The highest BCUT2D eigenvalue weighted by Gasteiger charge is 2.35. The summed E-state index contributed by atoms with van der Waals surface area (Å²) < 4.78 is 5.30. The molecule has 1 aliphatic heterocycles. The van der Waals surface area contributed by atoms with Crippen molar-refractivity contribution in [3.8, 4) is 0 Å². The van der Waals surface area contributed by atoms with Crippen molar-refractivity contribution in [1.82, 2.24) is 5.32 Å². The molecule has 2 unspecified atom stereocenters. The molecular formula is C14H28N2O2S. The highest BCUT2D eigenvalue weighted by Crippen LogP contribution is 2.28. The van der Waals surface area contributed by atoms with Gasteiger partial charge in [0.15, 0.2) is 0 Å². The first kappa shape index (κ1) is 16.6. The van der Waals surface area contributed by atoms with E-state index in [9.17, 15) is 4.79 Å². The van der Waals surface area contributed by atoms with Crippen molar-refractivity contribution >= 4 is 17.9 Å². The molecule has 112 valence electrons. The minimum absolute atomic E-state index is 0.0483. The zero-order valence-corrected chi connectivity index (χ0v) is 13.6. The van der Waals surface area contributed by atoms with E-state index in [2.05, 4.69) is 5.32 Å². The summed E-state index contributed by atoms with van der Waals surface area (Å²) in [4.78, 5) is 11.9. The molecule has 0 aromatic carbocycles. The lowest BCUT2D eigenvalue weighted by molar-refractivity contribution is 0.0445. The Hall–Kier alpha value is -0.420. The van der Waals surface area contributed by atoms with E-state index >= 15 is 0 Å². The number of ether oxygens (including phenoxy) is 1. The summed E-state index contributed by atoms with van der Waals surface area (Å²) in [6, 6.07) is -0.0483. The zero-order chi connectivity index (χ0) is 14.7. The van der Waals surface area contributed by atoms with Gasteiger partial charge in [0.05, 0.1) is 5.54 Å². The van der Waals surface area contributed by atoms with Gasteiger partial charge in [-0.15, -0.1) is 0 Å². The summed E-state index contributed by atoms with van der Waals surface area (Å²) in [6.07, 6.45) is 1.97. The number of hydrogen-bond donors (Lipinski definition) is 2. The fourth-order valence-corrected chi connectivity index (χ4v) is 3.50. The normalized spacial score (nSPS) is 22.7. The molecule has 0 aromatic heterocycles. The van der Waals surface area contributed by atoms with Crippen LogP contribution in [0.25, 0.3) is 0 Å². The average molecular weight is 288 g/mol. The van der Waals surface area contributed by atoms with Crippen molar-refractivity contribution in [2.45, 2.75) is 64.6 Å². The summed E-state index contributed by atoms with van der Waals surface area (Å²) in [5.41, 5.74) is 5.42. The predicted octanol–water partition coefficient (Wildman–Crippen LogP) is 2.76. The van der Waals surface area contributed by atoms with Crippen LogP contribution in [0.1, 0.15) is 47.5 Å². The van der Waals surface area contributed by atoms with E-state index in [0.29, 0.717) is 5.92 Å². The number of thioether (sulfide) groups is 1. The number of nitrogens with one attached hydrogen (secondary N) is 1. The fraction of sp³-hybridized carbons (Fsp3) is 0.929. The van der Waals surface area contributed by atoms with Gasteiger partial charge in [-0.2, -0.15) is 11.8 Å². The van der Waals surface area contributed by atoms with Gasteiger partial charge in [0.25, 0.3) is 0 Å². The Morgan fingerprint density at radius 2 is 2.00 bits per heavy atom. The third-order valence-corrected chi connectivity index (χ3v) is 4.60. The molecule has 19 heavy (non-hydrogen) atoms. The lowest BCUT2D eigenvalue weighted by atomic mass is 9.83. The van der Waals surface area contributed by atoms with Crippen LogP contribution in [0.4, 0.5) is 4.79 Å². The Balaban J connectivity index is 2.56. The van der Waals surface area contributed by atoms with Crippen LogP contribution in [0.15, 0.2) is 0 Å². The fourth-order valence-electron chi connectivity index (χ4n) is 2.29. The Bertz CT molecular complexity index is 307. The molecule has 1 amide bonds. The number of hydrogen-bond acceptors (Lipinski definition) is 4. The number of carbonyl (C=O) groups excluding carboxylic acids is 1. The van der Waals surface area contributed by atoms with Gasteiger partial charge in [-0.1, -0.05) is 0 Å². The van der Waals surface area contributed by atoms with Crippen molar-refractivity contribution in [2.24, 2.45) is 11.7 Å².